The Balaban J connectivity index is 2.81. The van der Waals surface area contributed by atoms with E-state index in [4.69, 9.17) is 5.11 Å². The molecule has 0 fully saturated rings. The first-order valence-electron chi connectivity index (χ1n) is 5.19. The number of amides is 1. The number of thiophene rings is 1. The molecule has 0 saturated carbocycles. The van der Waals surface area contributed by atoms with Gasteiger partial charge in [0, 0.05) is 5.38 Å². The average Bonchev–Trinajstić information content (AvgIpc) is 2.65. The van der Waals surface area contributed by atoms with Crippen molar-refractivity contribution < 1.29 is 14.7 Å². The molecule has 0 bridgehead atoms. The molecule has 0 aromatic carbocycles. The summed E-state index contributed by atoms with van der Waals surface area (Å²) in [6.45, 7) is 3.41. The highest BCUT2D eigenvalue weighted by Crippen LogP contribution is 2.21. The molecule has 17 heavy (non-hydrogen) atoms. The first-order valence-corrected chi connectivity index (χ1v) is 6.86. The van der Waals surface area contributed by atoms with Crippen molar-refractivity contribution >= 4 is 39.1 Å². The number of halogens is 1. The summed E-state index contributed by atoms with van der Waals surface area (Å²) >= 11 is 4.65. The van der Waals surface area contributed by atoms with Crippen LogP contribution < -0.4 is 5.32 Å². The Morgan fingerprint density at radius 3 is 2.65 bits per heavy atom. The quantitative estimate of drug-likeness (QED) is 0.877. The topological polar surface area (TPSA) is 66.4 Å². The number of hydrogen-bond acceptors (Lipinski definition) is 3. The molecule has 0 radical (unpaired) electrons. The van der Waals surface area contributed by atoms with Crippen molar-refractivity contribution in [3.8, 4) is 0 Å². The normalized spacial score (nSPS) is 14.1. The zero-order valence-corrected chi connectivity index (χ0v) is 12.0. The second kappa shape index (κ2) is 5.64. The molecule has 1 aromatic heterocycles. The number of nitrogens with one attached hydrogen (secondary N) is 1. The smallest absolute Gasteiger partial charge is 0.329 e. The summed E-state index contributed by atoms with van der Waals surface area (Å²) in [6.07, 6.45) is 1.09. The van der Waals surface area contributed by atoms with Gasteiger partial charge in [-0.2, -0.15) is 0 Å². The van der Waals surface area contributed by atoms with E-state index in [9.17, 15) is 9.59 Å². The van der Waals surface area contributed by atoms with Gasteiger partial charge in [0.25, 0.3) is 5.91 Å². The molecule has 0 saturated heterocycles. The van der Waals surface area contributed by atoms with Crippen LogP contribution in [0.3, 0.4) is 0 Å². The molecular formula is C11H14BrNO3S. The van der Waals surface area contributed by atoms with Crippen molar-refractivity contribution in [2.24, 2.45) is 0 Å². The van der Waals surface area contributed by atoms with Crippen LogP contribution in [0.2, 0.25) is 0 Å². The van der Waals surface area contributed by atoms with Crippen LogP contribution in [0.25, 0.3) is 0 Å². The molecule has 0 aliphatic rings. The van der Waals surface area contributed by atoms with Crippen LogP contribution >= 0.6 is 27.3 Å². The minimum absolute atomic E-state index is 0.356. The van der Waals surface area contributed by atoms with Crippen LogP contribution in [0, 0.1) is 0 Å². The Morgan fingerprint density at radius 2 is 2.24 bits per heavy atom. The van der Waals surface area contributed by atoms with Gasteiger partial charge in [-0.05, 0) is 35.3 Å². The van der Waals surface area contributed by atoms with Crippen LogP contribution in [-0.4, -0.2) is 22.5 Å². The van der Waals surface area contributed by atoms with Gasteiger partial charge in [-0.25, -0.2) is 4.79 Å². The van der Waals surface area contributed by atoms with Crippen molar-refractivity contribution in [2.75, 3.05) is 0 Å². The van der Waals surface area contributed by atoms with Crippen LogP contribution in [0.15, 0.2) is 15.2 Å². The van der Waals surface area contributed by atoms with Gasteiger partial charge in [-0.1, -0.05) is 13.3 Å². The molecule has 0 aliphatic heterocycles. The van der Waals surface area contributed by atoms with Crippen LogP contribution in [0.1, 0.15) is 37.0 Å². The minimum atomic E-state index is -1.21. The second-order valence-corrected chi connectivity index (χ2v) is 6.27. The fourth-order valence-electron chi connectivity index (χ4n) is 1.47. The molecule has 1 amide bonds. The van der Waals surface area contributed by atoms with E-state index in [0.29, 0.717) is 18.4 Å². The summed E-state index contributed by atoms with van der Waals surface area (Å²) in [5.74, 6) is -1.37. The molecule has 1 aromatic rings. The Bertz CT molecular complexity index is 432. The number of rotatable bonds is 5. The second-order valence-electron chi connectivity index (χ2n) is 3.98. The summed E-state index contributed by atoms with van der Waals surface area (Å²) < 4.78 is 0.843. The molecule has 1 unspecified atom stereocenters. The van der Waals surface area contributed by atoms with Crippen molar-refractivity contribution in [1.82, 2.24) is 5.32 Å². The molecule has 1 rings (SSSR count). The lowest BCUT2D eigenvalue weighted by molar-refractivity contribution is -0.144. The van der Waals surface area contributed by atoms with E-state index >= 15 is 0 Å². The van der Waals surface area contributed by atoms with Gasteiger partial charge in [-0.3, -0.25) is 4.79 Å². The molecule has 0 aliphatic carbocycles. The third-order valence-corrected chi connectivity index (χ3v) is 3.95. The minimum Gasteiger partial charge on any atom is -0.480 e. The predicted molar refractivity (Wildman–Crippen MR) is 70.4 cm³/mol. The summed E-state index contributed by atoms with van der Waals surface area (Å²) in [7, 11) is 0. The van der Waals surface area contributed by atoms with Crippen LogP contribution in [0.5, 0.6) is 0 Å². The van der Waals surface area contributed by atoms with Gasteiger partial charge in [-0.15, -0.1) is 11.3 Å². The average molecular weight is 320 g/mol. The number of carbonyl (C=O) groups excluding carboxylic acids is 1. The van der Waals surface area contributed by atoms with Gasteiger partial charge in [0.15, 0.2) is 0 Å². The van der Waals surface area contributed by atoms with E-state index in [0.717, 1.165) is 3.79 Å². The van der Waals surface area contributed by atoms with Gasteiger partial charge in [0.05, 0.1) is 9.35 Å². The lowest BCUT2D eigenvalue weighted by Gasteiger charge is -2.25. The van der Waals surface area contributed by atoms with Gasteiger partial charge in [0.2, 0.25) is 0 Å². The van der Waals surface area contributed by atoms with Crippen LogP contribution in [-0.2, 0) is 4.79 Å². The first kappa shape index (κ1) is 14.2. The summed E-state index contributed by atoms with van der Waals surface area (Å²) in [5, 5.41) is 13.4. The highest BCUT2D eigenvalue weighted by atomic mass is 79.9. The van der Waals surface area contributed by atoms with E-state index < -0.39 is 11.5 Å². The van der Waals surface area contributed by atoms with E-state index in [1.807, 2.05) is 6.92 Å². The SMILES string of the molecule is CCCC(C)(NC(=O)c1csc(Br)c1)C(=O)O. The van der Waals surface area contributed by atoms with Gasteiger partial charge in [0.1, 0.15) is 5.54 Å². The van der Waals surface area contributed by atoms with E-state index in [-0.39, 0.29) is 5.91 Å². The largest absolute Gasteiger partial charge is 0.480 e. The number of carbonyl (C=O) groups is 2. The molecule has 94 valence electrons. The van der Waals surface area contributed by atoms with Crippen molar-refractivity contribution in [2.45, 2.75) is 32.2 Å². The standard InChI is InChI=1S/C11H14BrNO3S/c1-3-4-11(2,10(15)16)13-9(14)7-5-8(12)17-6-7/h5-6H,3-4H2,1-2H3,(H,13,14)(H,15,16). The van der Waals surface area contributed by atoms with E-state index in [1.54, 1.807) is 11.4 Å². The van der Waals surface area contributed by atoms with Crippen molar-refractivity contribution in [1.29, 1.82) is 0 Å². The van der Waals surface area contributed by atoms with E-state index in [1.165, 1.54) is 18.3 Å². The van der Waals surface area contributed by atoms with Crippen molar-refractivity contribution in [3.63, 3.8) is 0 Å². The molecule has 0 spiro atoms. The molecule has 4 nitrogen and oxygen atoms in total. The molecule has 6 heteroatoms. The maximum atomic E-state index is 11.9. The monoisotopic (exact) mass is 319 g/mol. The Labute approximate surface area is 112 Å². The number of carboxylic acids is 1. The lowest BCUT2D eigenvalue weighted by Crippen LogP contribution is -2.52. The lowest BCUT2D eigenvalue weighted by atomic mass is 9.96. The molecular weight excluding hydrogens is 306 g/mol. The third-order valence-electron chi connectivity index (χ3n) is 2.44. The van der Waals surface area contributed by atoms with Gasteiger partial charge < -0.3 is 10.4 Å². The molecule has 2 N–H and O–H groups in total. The summed E-state index contributed by atoms with van der Waals surface area (Å²) in [6, 6.07) is 1.67. The predicted octanol–water partition coefficient (Wildman–Crippen LogP) is 2.88. The maximum Gasteiger partial charge on any atom is 0.329 e. The van der Waals surface area contributed by atoms with E-state index in [2.05, 4.69) is 21.2 Å². The number of carboxylic acid groups (broad SMARTS) is 1. The highest BCUT2D eigenvalue weighted by molar-refractivity contribution is 9.11. The molecule has 1 atom stereocenters. The Hall–Kier alpha value is -0.880. The van der Waals surface area contributed by atoms with Crippen LogP contribution in [0.4, 0.5) is 0 Å². The van der Waals surface area contributed by atoms with Gasteiger partial charge >= 0.3 is 5.97 Å². The number of hydrogen-bond donors (Lipinski definition) is 2. The fourth-order valence-corrected chi connectivity index (χ4v) is 2.61. The summed E-state index contributed by atoms with van der Waals surface area (Å²) in [5.41, 5.74) is -0.731. The first-order chi connectivity index (χ1) is 7.89. The Morgan fingerprint density at radius 1 is 1.59 bits per heavy atom. The number of aliphatic carboxylic acids is 1. The zero-order chi connectivity index (χ0) is 13.1. The summed E-state index contributed by atoms with van der Waals surface area (Å²) in [4.78, 5) is 23.0. The Kier molecular flexibility index (Phi) is 4.70. The maximum absolute atomic E-state index is 11.9. The fraction of sp³-hybridized carbons (Fsp3) is 0.455. The third kappa shape index (κ3) is 3.54. The highest BCUT2D eigenvalue weighted by Gasteiger charge is 2.34. The zero-order valence-electron chi connectivity index (χ0n) is 9.62. The van der Waals surface area contributed by atoms with Crippen molar-refractivity contribution in [3.05, 3.63) is 20.8 Å². The molecule has 1 heterocycles.